The maximum absolute atomic E-state index is 5.27. The van der Waals surface area contributed by atoms with Gasteiger partial charge in [0.05, 0.1) is 55.2 Å². The Morgan fingerprint density at radius 3 is 1.09 bits per heavy atom. The summed E-state index contributed by atoms with van der Waals surface area (Å²) in [6, 6.07) is 90.9. The molecule has 0 aliphatic carbocycles. The van der Waals surface area contributed by atoms with Crippen molar-refractivity contribution in [2.24, 2.45) is 0 Å². The average molecular weight is 912 g/mol. The van der Waals surface area contributed by atoms with E-state index in [1.807, 2.05) is 0 Å². The van der Waals surface area contributed by atoms with Crippen molar-refractivity contribution in [1.82, 2.24) is 32.5 Å². The molecule has 0 N–H and O–H groups in total. The zero-order chi connectivity index (χ0) is 45.9. The largest absolute Gasteiger partial charge is 0.309 e. The summed E-state index contributed by atoms with van der Waals surface area (Å²) >= 11 is 0. The van der Waals surface area contributed by atoms with Crippen LogP contribution in [-0.4, -0.2) is 40.5 Å². The average Bonchev–Trinajstić information content (AvgIpc) is 4.23. The van der Waals surface area contributed by atoms with E-state index in [1.54, 1.807) is 0 Å². The van der Waals surface area contributed by atoms with E-state index in [2.05, 4.69) is 271 Å². The SMILES string of the molecule is c1ccc([Si](c2ccccc2)(c2ccccc2)c2cccc(-n3c4ccc(-n5c6ccccc6n6c7ccccc7nc56)cc4c4cc(-n5c6ccccc6n6c7ccccc7nc56)ccc43)c2)cc1. The van der Waals surface area contributed by atoms with Crippen LogP contribution in [0, 0.1) is 0 Å². The normalized spacial score (nSPS) is 12.3. The lowest BCUT2D eigenvalue weighted by Gasteiger charge is -2.34. The number of hydrogen-bond acceptors (Lipinski definition) is 2. The van der Waals surface area contributed by atoms with Crippen LogP contribution in [0.1, 0.15) is 0 Å². The van der Waals surface area contributed by atoms with E-state index in [0.717, 1.165) is 94.6 Å². The lowest BCUT2D eigenvalue weighted by atomic mass is 10.1. The van der Waals surface area contributed by atoms with E-state index in [9.17, 15) is 0 Å². The fourth-order valence-corrected chi connectivity index (χ4v) is 16.5. The molecular weight excluding hydrogens is 871 g/mol. The first-order valence-corrected chi connectivity index (χ1v) is 25.8. The minimum atomic E-state index is -2.84. The molecule has 0 aliphatic rings. The molecule has 0 saturated heterocycles. The lowest BCUT2D eigenvalue weighted by molar-refractivity contribution is 1.11. The van der Waals surface area contributed by atoms with Gasteiger partial charge in [0, 0.05) is 27.8 Å². The first-order chi connectivity index (χ1) is 34.7. The van der Waals surface area contributed by atoms with E-state index in [0.29, 0.717) is 0 Å². The number of nitrogens with zero attached hydrogens (tertiary/aromatic N) is 7. The van der Waals surface area contributed by atoms with Gasteiger partial charge in [-0.05, 0) is 118 Å². The summed E-state index contributed by atoms with van der Waals surface area (Å²) in [6.07, 6.45) is 0. The number of benzene rings is 10. The summed E-state index contributed by atoms with van der Waals surface area (Å²) in [5.74, 6) is 1.77. The summed E-state index contributed by atoms with van der Waals surface area (Å²) in [4.78, 5) is 10.5. The molecule has 0 atom stereocenters. The molecule has 15 aromatic rings. The van der Waals surface area contributed by atoms with Crippen molar-refractivity contribution in [3.8, 4) is 17.1 Å². The predicted molar refractivity (Wildman–Crippen MR) is 291 cm³/mol. The van der Waals surface area contributed by atoms with Crippen molar-refractivity contribution >= 4 is 106 Å². The van der Waals surface area contributed by atoms with Gasteiger partial charge < -0.3 is 4.57 Å². The van der Waals surface area contributed by atoms with Crippen LogP contribution < -0.4 is 20.7 Å². The van der Waals surface area contributed by atoms with Crippen LogP contribution in [0.15, 0.2) is 249 Å². The quantitative estimate of drug-likeness (QED) is 0.118. The van der Waals surface area contributed by atoms with Crippen molar-refractivity contribution in [2.45, 2.75) is 0 Å². The van der Waals surface area contributed by atoms with E-state index in [4.69, 9.17) is 9.97 Å². The Bertz CT molecular complexity index is 4240. The molecule has 0 fully saturated rings. The molecule has 328 valence electrons. The van der Waals surface area contributed by atoms with Crippen molar-refractivity contribution in [3.05, 3.63) is 249 Å². The summed E-state index contributed by atoms with van der Waals surface area (Å²) in [7, 11) is -2.84. The summed E-state index contributed by atoms with van der Waals surface area (Å²) < 4.78 is 11.7. The topological polar surface area (TPSA) is 49.4 Å². The molecule has 0 unspecified atom stereocenters. The van der Waals surface area contributed by atoms with Crippen molar-refractivity contribution in [1.29, 1.82) is 0 Å². The second kappa shape index (κ2) is 14.9. The standard InChI is InChI=1S/C62H41N7Si/c1-4-20-45(21-5-1)70(46-22-6-2-7-23-46,47-24-8-3-9-25-47)48-26-18-19-42(39-48)65-53-37-35-43(66-57-31-14-16-33-59(57)68-55-29-12-10-27-51(55)63-61(66)68)40-49(53)50-41-44(36-38-54(50)65)67-58-32-15-17-34-60(58)69-56-30-13-11-28-52(56)64-62(67)69/h1-41H. The van der Waals surface area contributed by atoms with Crippen molar-refractivity contribution in [2.75, 3.05) is 0 Å². The monoisotopic (exact) mass is 911 g/mol. The highest BCUT2D eigenvalue weighted by atomic mass is 28.3. The molecule has 5 heterocycles. The first kappa shape index (κ1) is 38.8. The van der Waals surface area contributed by atoms with Crippen molar-refractivity contribution in [3.63, 3.8) is 0 Å². The maximum atomic E-state index is 5.27. The second-order valence-electron chi connectivity index (χ2n) is 18.3. The number of imidazole rings is 4. The Kier molecular flexibility index (Phi) is 8.25. The molecule has 0 bridgehead atoms. The van der Waals surface area contributed by atoms with Gasteiger partial charge in [0.2, 0.25) is 11.6 Å². The zero-order valence-electron chi connectivity index (χ0n) is 37.8. The van der Waals surface area contributed by atoms with Crippen LogP contribution in [0.5, 0.6) is 0 Å². The highest BCUT2D eigenvalue weighted by molar-refractivity contribution is 7.19. The minimum Gasteiger partial charge on any atom is -0.309 e. The highest BCUT2D eigenvalue weighted by Gasteiger charge is 2.41. The van der Waals surface area contributed by atoms with Crippen molar-refractivity contribution < 1.29 is 0 Å². The molecule has 7 nitrogen and oxygen atoms in total. The fraction of sp³-hybridized carbons (Fsp3) is 0. The third-order valence-corrected chi connectivity index (χ3v) is 19.4. The molecule has 15 rings (SSSR count). The first-order valence-electron chi connectivity index (χ1n) is 23.8. The Morgan fingerprint density at radius 2 is 0.629 bits per heavy atom. The number of rotatable bonds is 7. The summed E-state index contributed by atoms with van der Waals surface area (Å²) in [6.45, 7) is 0. The number of hydrogen-bond donors (Lipinski definition) is 0. The Morgan fingerprint density at radius 1 is 0.257 bits per heavy atom. The zero-order valence-corrected chi connectivity index (χ0v) is 38.8. The minimum absolute atomic E-state index is 0.885. The van der Waals surface area contributed by atoms with E-state index < -0.39 is 8.07 Å². The fourth-order valence-electron chi connectivity index (χ4n) is 11.7. The third-order valence-electron chi connectivity index (χ3n) is 14.6. The Labute approximate surface area is 402 Å². The second-order valence-corrected chi connectivity index (χ2v) is 22.1. The number of fused-ring (bicyclic) bond motifs is 13. The van der Waals surface area contributed by atoms with E-state index in [1.165, 1.54) is 20.7 Å². The van der Waals surface area contributed by atoms with Crippen LogP contribution in [0.4, 0.5) is 0 Å². The highest BCUT2D eigenvalue weighted by Crippen LogP contribution is 2.38. The lowest BCUT2D eigenvalue weighted by Crippen LogP contribution is -2.74. The number of aromatic nitrogens is 7. The van der Waals surface area contributed by atoms with Crippen LogP contribution >= 0.6 is 0 Å². The van der Waals surface area contributed by atoms with Gasteiger partial charge in [-0.2, -0.15) is 0 Å². The summed E-state index contributed by atoms with van der Waals surface area (Å²) in [5.41, 5.74) is 14.0. The molecule has 0 aliphatic heterocycles. The third kappa shape index (κ3) is 5.39. The van der Waals surface area contributed by atoms with E-state index in [-0.39, 0.29) is 0 Å². The van der Waals surface area contributed by atoms with Gasteiger partial charge in [0.25, 0.3) is 0 Å². The smallest absolute Gasteiger partial charge is 0.220 e. The van der Waals surface area contributed by atoms with Gasteiger partial charge in [-0.1, -0.05) is 152 Å². The van der Waals surface area contributed by atoms with Gasteiger partial charge >= 0.3 is 0 Å². The van der Waals surface area contributed by atoms with Crippen LogP contribution in [0.3, 0.4) is 0 Å². The molecule has 70 heavy (non-hydrogen) atoms. The van der Waals surface area contributed by atoms with Gasteiger partial charge in [0.1, 0.15) is 0 Å². The van der Waals surface area contributed by atoms with E-state index >= 15 is 0 Å². The molecular formula is C62H41N7Si. The van der Waals surface area contributed by atoms with Crippen LogP contribution in [-0.2, 0) is 0 Å². The van der Waals surface area contributed by atoms with Gasteiger partial charge in [-0.15, -0.1) is 0 Å². The molecule has 0 amide bonds. The molecule has 0 radical (unpaired) electrons. The van der Waals surface area contributed by atoms with Gasteiger partial charge in [-0.25, -0.2) is 9.97 Å². The molecule has 5 aromatic heterocycles. The van der Waals surface area contributed by atoms with Crippen LogP contribution in [0.2, 0.25) is 0 Å². The molecule has 10 aromatic carbocycles. The van der Waals surface area contributed by atoms with Gasteiger partial charge in [-0.3, -0.25) is 17.9 Å². The number of para-hydroxylation sites is 8. The van der Waals surface area contributed by atoms with Crippen LogP contribution in [0.25, 0.3) is 94.6 Å². The Hall–Kier alpha value is -9.24. The molecule has 8 heteroatoms. The predicted octanol–water partition coefficient (Wildman–Crippen LogP) is 11.7. The molecule has 0 spiro atoms. The Balaban J connectivity index is 1.03. The maximum Gasteiger partial charge on any atom is 0.220 e. The van der Waals surface area contributed by atoms with Gasteiger partial charge in [0.15, 0.2) is 8.07 Å². The molecule has 0 saturated carbocycles. The summed E-state index contributed by atoms with van der Waals surface area (Å²) in [5, 5.41) is 7.63.